The van der Waals surface area contributed by atoms with Crippen LogP contribution in [0.1, 0.15) is 18.9 Å². The quantitative estimate of drug-likeness (QED) is 0.718. The first kappa shape index (κ1) is 15.5. The minimum absolute atomic E-state index is 0.0590. The summed E-state index contributed by atoms with van der Waals surface area (Å²) in [5, 5.41) is 9.99. The van der Waals surface area contributed by atoms with E-state index >= 15 is 0 Å². The molecule has 0 aliphatic rings. The molecule has 1 aromatic carbocycles. The van der Waals surface area contributed by atoms with Crippen molar-refractivity contribution in [3.63, 3.8) is 0 Å². The molecule has 4 N–H and O–H groups in total. The lowest BCUT2D eigenvalue weighted by Gasteiger charge is -2.24. The molecular weight excluding hydrogens is 266 g/mol. The van der Waals surface area contributed by atoms with Gasteiger partial charge in [-0.15, -0.1) is 0 Å². The molecule has 0 fully saturated rings. The molecule has 1 heterocycles. The molecule has 5 heteroatoms. The van der Waals surface area contributed by atoms with Crippen LogP contribution in [0.25, 0.3) is 10.9 Å². The molecular formula is C16H23N3O2. The molecule has 2 rings (SSSR count). The Balaban J connectivity index is 2.06. The number of rotatable bonds is 7. The van der Waals surface area contributed by atoms with Crippen LogP contribution in [0.5, 0.6) is 0 Å². The fourth-order valence-corrected chi connectivity index (χ4v) is 2.54. The number of hydrogen-bond acceptors (Lipinski definition) is 3. The highest BCUT2D eigenvalue weighted by molar-refractivity contribution is 5.86. The number of carbonyl (C=O) groups excluding carboxylic acids is 1. The smallest absolute Gasteiger partial charge is 0.239 e. The van der Waals surface area contributed by atoms with Crippen molar-refractivity contribution in [2.75, 3.05) is 19.7 Å². The van der Waals surface area contributed by atoms with E-state index in [1.165, 1.54) is 0 Å². The zero-order chi connectivity index (χ0) is 15.2. The van der Waals surface area contributed by atoms with E-state index in [4.69, 9.17) is 10.8 Å². The van der Waals surface area contributed by atoms with Crippen molar-refractivity contribution in [2.24, 2.45) is 5.73 Å². The monoisotopic (exact) mass is 289 g/mol. The number of nitrogens with zero attached hydrogens (tertiary/aromatic N) is 1. The number of aliphatic hydroxyl groups excluding tert-OH is 1. The van der Waals surface area contributed by atoms with Gasteiger partial charge in [-0.3, -0.25) is 4.79 Å². The van der Waals surface area contributed by atoms with E-state index in [1.807, 2.05) is 37.4 Å². The molecule has 0 saturated heterocycles. The number of amides is 1. The van der Waals surface area contributed by atoms with Gasteiger partial charge in [0, 0.05) is 36.8 Å². The van der Waals surface area contributed by atoms with E-state index in [1.54, 1.807) is 4.90 Å². The number of aromatic amines is 1. The molecule has 21 heavy (non-hydrogen) atoms. The van der Waals surface area contributed by atoms with Gasteiger partial charge in [0.2, 0.25) is 5.91 Å². The number of likely N-dealkylation sites (N-methyl/N-ethyl adjacent to an activating group) is 1. The van der Waals surface area contributed by atoms with E-state index in [-0.39, 0.29) is 12.5 Å². The molecule has 1 atom stereocenters. The van der Waals surface area contributed by atoms with Crippen LogP contribution in [0.15, 0.2) is 30.5 Å². The number of nitrogens with two attached hydrogens (primary N) is 1. The second kappa shape index (κ2) is 7.24. The maximum absolute atomic E-state index is 12.4. The number of fused-ring (bicyclic) bond motifs is 1. The van der Waals surface area contributed by atoms with E-state index in [9.17, 15) is 4.79 Å². The summed E-state index contributed by atoms with van der Waals surface area (Å²) in [6.07, 6.45) is 3.01. The predicted molar refractivity (Wildman–Crippen MR) is 83.9 cm³/mol. The normalized spacial score (nSPS) is 12.5. The van der Waals surface area contributed by atoms with Crippen LogP contribution >= 0.6 is 0 Å². The average molecular weight is 289 g/mol. The highest BCUT2D eigenvalue weighted by Crippen LogP contribution is 2.19. The first-order chi connectivity index (χ1) is 10.2. The molecule has 1 amide bonds. The fraction of sp³-hybridized carbons (Fsp3) is 0.438. The van der Waals surface area contributed by atoms with E-state index in [2.05, 4.69) is 4.98 Å². The van der Waals surface area contributed by atoms with E-state index in [0.29, 0.717) is 25.9 Å². The largest absolute Gasteiger partial charge is 0.396 e. The van der Waals surface area contributed by atoms with Crippen LogP contribution in [-0.2, 0) is 11.2 Å². The van der Waals surface area contributed by atoms with Crippen molar-refractivity contribution in [1.29, 1.82) is 0 Å². The Morgan fingerprint density at radius 3 is 2.90 bits per heavy atom. The Labute approximate surface area is 124 Å². The van der Waals surface area contributed by atoms with Crippen molar-refractivity contribution >= 4 is 16.8 Å². The number of H-pyrrole nitrogens is 1. The molecule has 0 aliphatic heterocycles. The Morgan fingerprint density at radius 2 is 2.19 bits per heavy atom. The third kappa shape index (κ3) is 3.62. The van der Waals surface area contributed by atoms with Crippen molar-refractivity contribution in [1.82, 2.24) is 9.88 Å². The first-order valence-electron chi connectivity index (χ1n) is 7.37. The highest BCUT2D eigenvalue weighted by Gasteiger charge is 2.20. The summed E-state index contributed by atoms with van der Waals surface area (Å²) in [5.41, 5.74) is 8.20. The SMILES string of the molecule is CCN(CCCO)C(=O)[C@@H](N)Cc1c[nH]c2ccccc12. The van der Waals surface area contributed by atoms with Crippen molar-refractivity contribution < 1.29 is 9.90 Å². The standard InChI is InChI=1S/C16H23N3O2/c1-2-19(8-5-9-20)16(21)14(17)10-12-11-18-15-7-4-3-6-13(12)15/h3-4,6-7,11,14,18,20H,2,5,8-10,17H2,1H3/t14-/m0/s1. The van der Waals surface area contributed by atoms with E-state index in [0.717, 1.165) is 16.5 Å². The minimum atomic E-state index is -0.553. The number of nitrogens with one attached hydrogen (secondary N) is 1. The molecule has 0 aliphatic carbocycles. The van der Waals surface area contributed by atoms with Gasteiger partial charge in [0.15, 0.2) is 0 Å². The molecule has 0 spiro atoms. The average Bonchev–Trinajstić information content (AvgIpc) is 2.91. The lowest BCUT2D eigenvalue weighted by atomic mass is 10.0. The third-order valence-electron chi connectivity index (χ3n) is 3.71. The van der Waals surface area contributed by atoms with Crippen LogP contribution in [0.3, 0.4) is 0 Å². The van der Waals surface area contributed by atoms with Crippen LogP contribution < -0.4 is 5.73 Å². The summed E-state index contributed by atoms with van der Waals surface area (Å²) in [4.78, 5) is 17.3. The number of benzene rings is 1. The minimum Gasteiger partial charge on any atom is -0.396 e. The van der Waals surface area contributed by atoms with Gasteiger partial charge in [0.05, 0.1) is 6.04 Å². The van der Waals surface area contributed by atoms with Gasteiger partial charge in [-0.25, -0.2) is 0 Å². The van der Waals surface area contributed by atoms with Crippen molar-refractivity contribution in [2.45, 2.75) is 25.8 Å². The number of para-hydroxylation sites is 1. The molecule has 0 unspecified atom stereocenters. The Morgan fingerprint density at radius 1 is 1.43 bits per heavy atom. The Hall–Kier alpha value is -1.85. The zero-order valence-corrected chi connectivity index (χ0v) is 12.4. The van der Waals surface area contributed by atoms with Gasteiger partial charge in [-0.05, 0) is 31.4 Å². The molecule has 0 bridgehead atoms. The lowest BCUT2D eigenvalue weighted by molar-refractivity contribution is -0.132. The summed E-state index contributed by atoms with van der Waals surface area (Å²) >= 11 is 0. The predicted octanol–water partition coefficient (Wildman–Crippen LogP) is 1.27. The molecule has 114 valence electrons. The number of aromatic nitrogens is 1. The van der Waals surface area contributed by atoms with Crippen LogP contribution in [-0.4, -0.2) is 46.6 Å². The maximum Gasteiger partial charge on any atom is 0.239 e. The third-order valence-corrected chi connectivity index (χ3v) is 3.71. The number of carbonyl (C=O) groups is 1. The summed E-state index contributed by atoms with van der Waals surface area (Å²) in [7, 11) is 0. The van der Waals surface area contributed by atoms with Crippen LogP contribution in [0, 0.1) is 0 Å². The van der Waals surface area contributed by atoms with Crippen molar-refractivity contribution in [3.05, 3.63) is 36.0 Å². The summed E-state index contributed by atoms with van der Waals surface area (Å²) in [5.74, 6) is -0.0590. The Bertz CT molecular complexity index is 594. The Kier molecular flexibility index (Phi) is 5.36. The number of hydrogen-bond donors (Lipinski definition) is 3. The van der Waals surface area contributed by atoms with Gasteiger partial charge in [-0.1, -0.05) is 18.2 Å². The fourth-order valence-electron chi connectivity index (χ4n) is 2.54. The summed E-state index contributed by atoms with van der Waals surface area (Å²) in [6.45, 7) is 3.17. The second-order valence-electron chi connectivity index (χ2n) is 5.17. The van der Waals surface area contributed by atoms with Crippen LogP contribution in [0.2, 0.25) is 0 Å². The molecule has 5 nitrogen and oxygen atoms in total. The van der Waals surface area contributed by atoms with E-state index < -0.39 is 6.04 Å². The maximum atomic E-state index is 12.4. The topological polar surface area (TPSA) is 82.3 Å². The van der Waals surface area contributed by atoms with Gasteiger partial charge in [0.1, 0.15) is 0 Å². The summed E-state index contributed by atoms with van der Waals surface area (Å²) in [6, 6.07) is 7.43. The van der Waals surface area contributed by atoms with Gasteiger partial charge in [-0.2, -0.15) is 0 Å². The van der Waals surface area contributed by atoms with Gasteiger partial charge in [0.25, 0.3) is 0 Å². The van der Waals surface area contributed by atoms with Gasteiger partial charge < -0.3 is 20.7 Å². The van der Waals surface area contributed by atoms with Gasteiger partial charge >= 0.3 is 0 Å². The number of aliphatic hydroxyl groups is 1. The summed E-state index contributed by atoms with van der Waals surface area (Å²) < 4.78 is 0. The zero-order valence-electron chi connectivity index (χ0n) is 12.4. The highest BCUT2D eigenvalue weighted by atomic mass is 16.3. The molecule has 1 aromatic heterocycles. The lowest BCUT2D eigenvalue weighted by Crippen LogP contribution is -2.45. The van der Waals surface area contributed by atoms with Crippen molar-refractivity contribution in [3.8, 4) is 0 Å². The molecule has 0 saturated carbocycles. The molecule has 0 radical (unpaired) electrons. The van der Waals surface area contributed by atoms with Crippen LogP contribution in [0.4, 0.5) is 0 Å². The first-order valence-corrected chi connectivity index (χ1v) is 7.37. The molecule has 2 aromatic rings. The second-order valence-corrected chi connectivity index (χ2v) is 5.17.